The highest BCUT2D eigenvalue weighted by Crippen LogP contribution is 2.22. The Morgan fingerprint density at radius 3 is 2.37 bits per heavy atom. The maximum Gasteiger partial charge on any atom is 0.253 e. The van der Waals surface area contributed by atoms with E-state index in [1.54, 1.807) is 29.2 Å². The van der Waals surface area contributed by atoms with Crippen molar-refractivity contribution in [3.8, 4) is 0 Å². The number of hydrogen-bond acceptors (Lipinski definition) is 2. The van der Waals surface area contributed by atoms with E-state index in [9.17, 15) is 9.59 Å². The summed E-state index contributed by atoms with van der Waals surface area (Å²) in [5, 5.41) is 3.59. The lowest BCUT2D eigenvalue weighted by Crippen LogP contribution is -2.43. The summed E-state index contributed by atoms with van der Waals surface area (Å²) < 4.78 is 0. The molecule has 1 aliphatic heterocycles. The number of amides is 2. The van der Waals surface area contributed by atoms with Crippen molar-refractivity contribution in [3.05, 3.63) is 64.7 Å². The van der Waals surface area contributed by atoms with Gasteiger partial charge in [-0.15, -0.1) is 0 Å². The Labute approximate surface area is 165 Å². The fourth-order valence-corrected chi connectivity index (χ4v) is 3.47. The van der Waals surface area contributed by atoms with Crippen molar-refractivity contribution in [3.63, 3.8) is 0 Å². The fraction of sp³-hybridized carbons (Fsp3) is 0.364. The maximum absolute atomic E-state index is 12.7. The van der Waals surface area contributed by atoms with Crippen LogP contribution in [0.4, 0.5) is 5.69 Å². The van der Waals surface area contributed by atoms with E-state index < -0.39 is 0 Å². The predicted octanol–water partition coefficient (Wildman–Crippen LogP) is 4.95. The van der Waals surface area contributed by atoms with Crippen LogP contribution in [0, 0.1) is 5.92 Å². The number of benzene rings is 2. The van der Waals surface area contributed by atoms with E-state index in [0.717, 1.165) is 18.5 Å². The van der Waals surface area contributed by atoms with Crippen LogP contribution in [-0.4, -0.2) is 29.8 Å². The summed E-state index contributed by atoms with van der Waals surface area (Å²) in [4.78, 5) is 27.1. The van der Waals surface area contributed by atoms with Crippen molar-refractivity contribution in [2.75, 3.05) is 18.4 Å². The molecule has 5 heteroatoms. The number of carbonyl (C=O) groups excluding carboxylic acids is 2. The number of likely N-dealkylation sites (tertiary alicyclic amines) is 1. The zero-order valence-corrected chi connectivity index (χ0v) is 16.5. The second kappa shape index (κ2) is 8.57. The van der Waals surface area contributed by atoms with Gasteiger partial charge in [-0.3, -0.25) is 9.59 Å². The summed E-state index contributed by atoms with van der Waals surface area (Å²) in [5.41, 5.74) is 2.64. The van der Waals surface area contributed by atoms with Crippen LogP contribution in [0.15, 0.2) is 48.5 Å². The molecule has 0 aromatic heterocycles. The number of piperidine rings is 1. The molecule has 1 fully saturated rings. The van der Waals surface area contributed by atoms with Gasteiger partial charge in [-0.1, -0.05) is 37.6 Å². The molecule has 142 valence electrons. The second-order valence-corrected chi connectivity index (χ2v) is 7.80. The van der Waals surface area contributed by atoms with Crippen LogP contribution in [-0.2, 0) is 4.79 Å². The van der Waals surface area contributed by atoms with Crippen LogP contribution < -0.4 is 5.32 Å². The van der Waals surface area contributed by atoms with Gasteiger partial charge in [0.05, 0.1) is 5.92 Å². The van der Waals surface area contributed by atoms with E-state index in [0.29, 0.717) is 29.6 Å². The standard InChI is InChI=1S/C22H25ClN2O2/c1-15(2)16-7-11-20(12-8-16)24-21(26)18-4-3-13-25(14-18)22(27)17-5-9-19(23)10-6-17/h5-12,15,18H,3-4,13-14H2,1-2H3,(H,24,26)/t18-/m0/s1. The summed E-state index contributed by atoms with van der Waals surface area (Å²) in [6, 6.07) is 14.8. The van der Waals surface area contributed by atoms with Crippen molar-refractivity contribution >= 4 is 29.1 Å². The molecule has 1 heterocycles. The smallest absolute Gasteiger partial charge is 0.253 e. The summed E-state index contributed by atoms with van der Waals surface area (Å²) in [6.07, 6.45) is 1.62. The third-order valence-corrected chi connectivity index (χ3v) is 5.27. The van der Waals surface area contributed by atoms with Gasteiger partial charge in [0.1, 0.15) is 0 Å². The van der Waals surface area contributed by atoms with Gasteiger partial charge in [0.15, 0.2) is 0 Å². The van der Waals surface area contributed by atoms with Crippen LogP contribution in [0.3, 0.4) is 0 Å². The van der Waals surface area contributed by atoms with Crippen LogP contribution in [0.5, 0.6) is 0 Å². The molecule has 0 unspecified atom stereocenters. The highest BCUT2D eigenvalue weighted by Gasteiger charge is 2.29. The lowest BCUT2D eigenvalue weighted by atomic mass is 9.96. The average molecular weight is 385 g/mol. The third-order valence-electron chi connectivity index (χ3n) is 5.02. The quantitative estimate of drug-likeness (QED) is 0.810. The maximum atomic E-state index is 12.7. The Morgan fingerprint density at radius 2 is 1.74 bits per heavy atom. The minimum absolute atomic E-state index is 0.0269. The van der Waals surface area contributed by atoms with Crippen molar-refractivity contribution in [2.45, 2.75) is 32.6 Å². The van der Waals surface area contributed by atoms with Gasteiger partial charge >= 0.3 is 0 Å². The Bertz CT molecular complexity index is 800. The zero-order valence-electron chi connectivity index (χ0n) is 15.7. The van der Waals surface area contributed by atoms with Crippen LogP contribution >= 0.6 is 11.6 Å². The van der Waals surface area contributed by atoms with Gasteiger partial charge in [-0.2, -0.15) is 0 Å². The van der Waals surface area contributed by atoms with E-state index in [1.165, 1.54) is 5.56 Å². The molecule has 2 aromatic rings. The van der Waals surface area contributed by atoms with E-state index in [1.807, 2.05) is 24.3 Å². The molecule has 0 radical (unpaired) electrons. The molecule has 27 heavy (non-hydrogen) atoms. The zero-order chi connectivity index (χ0) is 19.4. The van der Waals surface area contributed by atoms with E-state index in [4.69, 9.17) is 11.6 Å². The summed E-state index contributed by atoms with van der Waals surface area (Å²) >= 11 is 5.89. The van der Waals surface area contributed by atoms with Crippen molar-refractivity contribution < 1.29 is 9.59 Å². The Balaban J connectivity index is 1.62. The van der Waals surface area contributed by atoms with Gasteiger partial charge in [0, 0.05) is 29.4 Å². The van der Waals surface area contributed by atoms with E-state index >= 15 is 0 Å². The number of rotatable bonds is 4. The van der Waals surface area contributed by atoms with E-state index in [2.05, 4.69) is 19.2 Å². The molecule has 1 aliphatic rings. The fourth-order valence-electron chi connectivity index (χ4n) is 3.35. The first kappa shape index (κ1) is 19.4. The molecule has 0 aliphatic carbocycles. The van der Waals surface area contributed by atoms with Crippen molar-refractivity contribution in [1.82, 2.24) is 4.90 Å². The molecule has 2 aromatic carbocycles. The number of anilines is 1. The molecule has 4 nitrogen and oxygen atoms in total. The van der Waals surface area contributed by atoms with Gasteiger partial charge in [-0.25, -0.2) is 0 Å². The lowest BCUT2D eigenvalue weighted by Gasteiger charge is -2.32. The molecule has 0 saturated carbocycles. The number of hydrogen-bond donors (Lipinski definition) is 1. The number of carbonyl (C=O) groups is 2. The molecular weight excluding hydrogens is 360 g/mol. The Morgan fingerprint density at radius 1 is 1.07 bits per heavy atom. The monoisotopic (exact) mass is 384 g/mol. The highest BCUT2D eigenvalue weighted by molar-refractivity contribution is 6.30. The minimum atomic E-state index is -0.195. The Kier molecular flexibility index (Phi) is 6.17. The predicted molar refractivity (Wildman–Crippen MR) is 109 cm³/mol. The van der Waals surface area contributed by atoms with Gasteiger partial charge in [-0.05, 0) is 60.7 Å². The second-order valence-electron chi connectivity index (χ2n) is 7.36. The topological polar surface area (TPSA) is 49.4 Å². The molecular formula is C22H25ClN2O2. The van der Waals surface area contributed by atoms with Crippen molar-refractivity contribution in [2.24, 2.45) is 5.92 Å². The largest absolute Gasteiger partial charge is 0.338 e. The van der Waals surface area contributed by atoms with Crippen LogP contribution in [0.2, 0.25) is 5.02 Å². The molecule has 1 N–H and O–H groups in total. The molecule has 0 spiro atoms. The van der Waals surface area contributed by atoms with Crippen LogP contribution in [0.25, 0.3) is 0 Å². The number of nitrogens with zero attached hydrogens (tertiary/aromatic N) is 1. The minimum Gasteiger partial charge on any atom is -0.338 e. The molecule has 2 amide bonds. The first-order valence-corrected chi connectivity index (χ1v) is 9.77. The van der Waals surface area contributed by atoms with Gasteiger partial charge in [0.25, 0.3) is 5.91 Å². The highest BCUT2D eigenvalue weighted by atomic mass is 35.5. The lowest BCUT2D eigenvalue weighted by molar-refractivity contribution is -0.121. The average Bonchev–Trinajstić information content (AvgIpc) is 2.68. The van der Waals surface area contributed by atoms with E-state index in [-0.39, 0.29) is 17.7 Å². The first-order valence-electron chi connectivity index (χ1n) is 9.39. The molecule has 3 rings (SSSR count). The molecule has 0 bridgehead atoms. The van der Waals surface area contributed by atoms with Crippen LogP contribution in [0.1, 0.15) is 48.5 Å². The van der Waals surface area contributed by atoms with Gasteiger partial charge < -0.3 is 10.2 Å². The summed E-state index contributed by atoms with van der Waals surface area (Å²) in [5.74, 6) is 0.187. The van der Waals surface area contributed by atoms with Crippen molar-refractivity contribution in [1.29, 1.82) is 0 Å². The molecule has 1 atom stereocenters. The summed E-state index contributed by atoms with van der Waals surface area (Å²) in [6.45, 7) is 5.40. The summed E-state index contributed by atoms with van der Waals surface area (Å²) in [7, 11) is 0. The first-order chi connectivity index (χ1) is 12.9. The molecule has 1 saturated heterocycles. The third kappa shape index (κ3) is 4.89. The Hall–Kier alpha value is -2.33. The van der Waals surface area contributed by atoms with Gasteiger partial charge in [0.2, 0.25) is 5.91 Å². The number of nitrogens with one attached hydrogen (secondary N) is 1. The number of halogens is 1. The SMILES string of the molecule is CC(C)c1ccc(NC(=O)[C@H]2CCCN(C(=O)c3ccc(Cl)cc3)C2)cc1. The normalized spacial score (nSPS) is 17.0.